The van der Waals surface area contributed by atoms with E-state index < -0.39 is 0 Å². The van der Waals surface area contributed by atoms with E-state index in [0.29, 0.717) is 6.04 Å². The van der Waals surface area contributed by atoms with Crippen LogP contribution < -0.4 is 0 Å². The van der Waals surface area contributed by atoms with Crippen molar-refractivity contribution in [3.63, 3.8) is 0 Å². The monoisotopic (exact) mass is 472 g/mol. The van der Waals surface area contributed by atoms with Crippen LogP contribution in [-0.4, -0.2) is 47.8 Å². The van der Waals surface area contributed by atoms with Crippen molar-refractivity contribution in [2.75, 3.05) is 0 Å². The van der Waals surface area contributed by atoms with Gasteiger partial charge in [0.15, 0.2) is 0 Å². The number of piperidine rings is 2. The largest absolute Gasteiger partial charge is 0.329 e. The Balaban J connectivity index is 1.19. The summed E-state index contributed by atoms with van der Waals surface area (Å²) in [6.07, 6.45) is 17.8. The van der Waals surface area contributed by atoms with Crippen molar-refractivity contribution in [1.82, 2.24) is 29.6 Å². The number of hydrogen-bond donors (Lipinski definition) is 1. The van der Waals surface area contributed by atoms with E-state index in [0.717, 1.165) is 59.4 Å². The van der Waals surface area contributed by atoms with Gasteiger partial charge >= 0.3 is 0 Å². The van der Waals surface area contributed by atoms with Crippen LogP contribution in [-0.2, 0) is 6.42 Å². The van der Waals surface area contributed by atoms with E-state index in [4.69, 9.17) is 4.98 Å². The molecule has 6 heteroatoms. The van der Waals surface area contributed by atoms with E-state index >= 15 is 0 Å². The Kier molecular flexibility index (Phi) is 5.68. The zero-order valence-corrected chi connectivity index (χ0v) is 21.2. The third kappa shape index (κ3) is 4.12. The van der Waals surface area contributed by atoms with Crippen LogP contribution in [0, 0.1) is 18.8 Å². The topological polar surface area (TPSA) is 62.6 Å². The summed E-state index contributed by atoms with van der Waals surface area (Å²) in [5.41, 5.74) is 2.40. The molecule has 0 spiro atoms. The zero-order valence-electron chi connectivity index (χ0n) is 21.2. The Morgan fingerprint density at radius 1 is 0.800 bits per heavy atom. The van der Waals surface area contributed by atoms with Crippen molar-refractivity contribution in [3.05, 3.63) is 41.7 Å². The molecule has 7 rings (SSSR count). The SMILES string of the molecule is Cc1nnc(Cc2nc3ccccc3n2[C@H]2C[C@H]3CCC[C@@H](C2)N3[C@@H]2C[C@@H]3CCCC[C@@H](C3)C2)[nH]1. The highest BCUT2D eigenvalue weighted by Gasteiger charge is 2.45. The predicted octanol–water partition coefficient (Wildman–Crippen LogP) is 5.97. The highest BCUT2D eigenvalue weighted by atomic mass is 15.3. The minimum atomic E-state index is 0.527. The number of fused-ring (bicyclic) bond motifs is 5. The van der Waals surface area contributed by atoms with Crippen molar-refractivity contribution < 1.29 is 0 Å². The number of aromatic amines is 1. The second-order valence-electron chi connectivity index (χ2n) is 12.1. The van der Waals surface area contributed by atoms with Gasteiger partial charge < -0.3 is 9.55 Å². The molecule has 1 N–H and O–H groups in total. The van der Waals surface area contributed by atoms with E-state index in [1.54, 1.807) is 0 Å². The minimum absolute atomic E-state index is 0.527. The van der Waals surface area contributed by atoms with Crippen molar-refractivity contribution in [2.24, 2.45) is 11.8 Å². The standard InChI is InChI=1S/C29H40N6/c1-19-30-28(33-32-19)18-29-31-26-11-4-5-12-27(26)35(29)25-16-22-9-6-10-23(17-25)34(22)24-14-20-7-2-3-8-21(13-20)15-24/h4-5,11-12,20-25H,2-3,6-10,13-18H2,1H3,(H,30,32,33)/t20-,21+,22-,23+,24-,25+. The third-order valence-corrected chi connectivity index (χ3v) is 9.79. The fourth-order valence-electron chi connectivity index (χ4n) is 8.56. The zero-order chi connectivity index (χ0) is 23.4. The molecule has 3 aromatic rings. The third-order valence-electron chi connectivity index (χ3n) is 9.79. The summed E-state index contributed by atoms with van der Waals surface area (Å²) in [6, 6.07) is 11.6. The molecule has 4 bridgehead atoms. The lowest BCUT2D eigenvalue weighted by Crippen LogP contribution is -2.58. The van der Waals surface area contributed by atoms with Crippen molar-refractivity contribution in [2.45, 2.75) is 115 Å². The number of benzene rings is 1. The maximum absolute atomic E-state index is 5.11. The smallest absolute Gasteiger partial charge is 0.137 e. The fourth-order valence-corrected chi connectivity index (χ4v) is 8.56. The Hall–Kier alpha value is -2.21. The van der Waals surface area contributed by atoms with E-state index in [-0.39, 0.29) is 0 Å². The van der Waals surface area contributed by atoms with Gasteiger partial charge in [-0.3, -0.25) is 4.90 Å². The molecule has 2 aliphatic carbocycles. The first-order valence-corrected chi connectivity index (χ1v) is 14.3. The summed E-state index contributed by atoms with van der Waals surface area (Å²) in [5.74, 6) is 4.92. The molecule has 2 saturated heterocycles. The molecule has 0 amide bonds. The molecule has 4 fully saturated rings. The Bertz CT molecular complexity index is 1150. The Morgan fingerprint density at radius 2 is 1.54 bits per heavy atom. The summed E-state index contributed by atoms with van der Waals surface area (Å²) in [4.78, 5) is 11.5. The molecule has 35 heavy (non-hydrogen) atoms. The lowest BCUT2D eigenvalue weighted by Gasteiger charge is -2.54. The first kappa shape index (κ1) is 22.0. The second-order valence-corrected chi connectivity index (χ2v) is 12.1. The van der Waals surface area contributed by atoms with Gasteiger partial charge in [-0.2, -0.15) is 0 Å². The average molecular weight is 473 g/mol. The predicted molar refractivity (Wildman–Crippen MR) is 138 cm³/mol. The number of imidazole rings is 1. The van der Waals surface area contributed by atoms with Gasteiger partial charge in [0.05, 0.1) is 17.5 Å². The average Bonchev–Trinajstić information content (AvgIpc) is 3.38. The summed E-state index contributed by atoms with van der Waals surface area (Å²) >= 11 is 0. The van der Waals surface area contributed by atoms with E-state index in [1.165, 1.54) is 82.6 Å². The van der Waals surface area contributed by atoms with Crippen LogP contribution in [0.2, 0.25) is 0 Å². The molecule has 6 atom stereocenters. The highest BCUT2D eigenvalue weighted by molar-refractivity contribution is 5.76. The van der Waals surface area contributed by atoms with Gasteiger partial charge in [0.25, 0.3) is 0 Å². The second kappa shape index (κ2) is 9.02. The van der Waals surface area contributed by atoms with Crippen LogP contribution in [0.1, 0.15) is 101 Å². The van der Waals surface area contributed by atoms with Crippen LogP contribution in [0.15, 0.2) is 24.3 Å². The highest BCUT2D eigenvalue weighted by Crippen LogP contribution is 2.47. The van der Waals surface area contributed by atoms with Gasteiger partial charge in [-0.05, 0) is 75.8 Å². The number of hydrogen-bond acceptors (Lipinski definition) is 4. The maximum Gasteiger partial charge on any atom is 0.137 e. The fraction of sp³-hybridized carbons (Fsp3) is 0.690. The molecule has 0 radical (unpaired) electrons. The molecule has 186 valence electrons. The summed E-state index contributed by atoms with van der Waals surface area (Å²) in [5, 5.41) is 8.56. The molecule has 2 saturated carbocycles. The first-order chi connectivity index (χ1) is 17.2. The van der Waals surface area contributed by atoms with Crippen LogP contribution in [0.5, 0.6) is 0 Å². The van der Waals surface area contributed by atoms with Gasteiger partial charge in [-0.1, -0.05) is 44.2 Å². The molecule has 2 aromatic heterocycles. The quantitative estimate of drug-likeness (QED) is 0.508. The van der Waals surface area contributed by atoms with Crippen LogP contribution >= 0.6 is 0 Å². The molecule has 4 aliphatic rings. The molecule has 2 aliphatic heterocycles. The summed E-state index contributed by atoms with van der Waals surface area (Å²) in [7, 11) is 0. The van der Waals surface area contributed by atoms with Crippen LogP contribution in [0.4, 0.5) is 0 Å². The Labute approximate surface area is 208 Å². The molecule has 6 nitrogen and oxygen atoms in total. The summed E-state index contributed by atoms with van der Waals surface area (Å²) < 4.78 is 2.59. The number of H-pyrrole nitrogens is 1. The number of aromatic nitrogens is 5. The number of para-hydroxylation sites is 2. The lowest BCUT2D eigenvalue weighted by atomic mass is 9.73. The van der Waals surface area contributed by atoms with Crippen molar-refractivity contribution in [1.29, 1.82) is 0 Å². The maximum atomic E-state index is 5.11. The van der Waals surface area contributed by atoms with Crippen molar-refractivity contribution >= 4 is 11.0 Å². The Morgan fingerprint density at radius 3 is 2.26 bits per heavy atom. The number of nitrogens with zero attached hydrogens (tertiary/aromatic N) is 5. The molecule has 0 unspecified atom stereocenters. The molecular formula is C29H40N6. The minimum Gasteiger partial charge on any atom is -0.329 e. The van der Waals surface area contributed by atoms with Gasteiger partial charge in [-0.25, -0.2) is 4.98 Å². The lowest BCUT2D eigenvalue weighted by molar-refractivity contribution is -0.0419. The summed E-state index contributed by atoms with van der Waals surface area (Å²) in [6.45, 7) is 1.97. The van der Waals surface area contributed by atoms with Gasteiger partial charge in [0, 0.05) is 24.2 Å². The molecule has 4 heterocycles. The normalized spacial score (nSPS) is 33.6. The first-order valence-electron chi connectivity index (χ1n) is 14.3. The number of rotatable bonds is 4. The molecule has 1 aromatic carbocycles. The number of nitrogens with one attached hydrogen (secondary N) is 1. The number of aryl methyl sites for hydroxylation is 1. The van der Waals surface area contributed by atoms with Crippen LogP contribution in [0.25, 0.3) is 11.0 Å². The van der Waals surface area contributed by atoms with Gasteiger partial charge in [-0.15, -0.1) is 10.2 Å². The van der Waals surface area contributed by atoms with E-state index in [2.05, 4.69) is 48.9 Å². The van der Waals surface area contributed by atoms with E-state index in [9.17, 15) is 0 Å². The molecular weight excluding hydrogens is 432 g/mol. The van der Waals surface area contributed by atoms with Crippen LogP contribution in [0.3, 0.4) is 0 Å². The van der Waals surface area contributed by atoms with E-state index in [1.807, 2.05) is 6.92 Å². The van der Waals surface area contributed by atoms with Gasteiger partial charge in [0.1, 0.15) is 17.5 Å². The van der Waals surface area contributed by atoms with Crippen molar-refractivity contribution in [3.8, 4) is 0 Å². The van der Waals surface area contributed by atoms with Gasteiger partial charge in [0.2, 0.25) is 0 Å².